The summed E-state index contributed by atoms with van der Waals surface area (Å²) in [6.45, 7) is 24.7. The standard InChI is InChI=1S/C32H44N2O7.C20H23NO4.C12H23NO4.CH4.4H2/c1-23(2)20-27(33(6)31(37)41-32(3,4)5)29(35)40-28(30(36)39-22-25-10-8-7-9-11-25)21-24-12-14-26(15-13-24)34-16-18-38-19-17-34;22-19(20(23)25-15-17-4-2-1-3-5-17)14-16-6-8-18(9-7-16)21-10-12-24-13-11-21;1-8(2)7-9(10(14)15)13(6)11(16)17-12(3,4)5;;;;;/h7-15,23,27-28H,16-22H2,1-6H3;1-9,19,22H,10-15H2;8-9H,7H2,1-6H3,(H,14,15);1H4;4*1H/t27-,28+;19-;9-;;;;;/m010...../s1/i;;;;3*1+1D;1+1. The molecule has 472 valence electrons. The lowest BCUT2D eigenvalue weighted by Gasteiger charge is -2.31. The van der Waals surface area contributed by atoms with E-state index in [4.69, 9.17) is 47.2 Å². The lowest BCUT2D eigenvalue weighted by atomic mass is 10.0. The molecule has 0 bridgehead atoms. The van der Waals surface area contributed by atoms with Crippen molar-refractivity contribution >= 4 is 47.4 Å². The maximum atomic E-state index is 13.5. The molecular formula is C65H102N4O15. The summed E-state index contributed by atoms with van der Waals surface area (Å²) in [6.07, 6.45) is -2.46. The van der Waals surface area contributed by atoms with Crippen molar-refractivity contribution in [2.24, 2.45) is 11.8 Å². The number of carboxylic acid groups (broad SMARTS) is 1. The molecular weight excluding hydrogens is 1080 g/mol. The van der Waals surface area contributed by atoms with Crippen molar-refractivity contribution in [2.45, 2.75) is 151 Å². The molecule has 0 unspecified atom stereocenters. The Morgan fingerprint density at radius 2 is 0.917 bits per heavy atom. The molecule has 4 aromatic rings. The first-order valence-corrected chi connectivity index (χ1v) is 28.5. The highest BCUT2D eigenvalue weighted by Crippen LogP contribution is 2.23. The van der Waals surface area contributed by atoms with Crippen molar-refractivity contribution in [3.05, 3.63) is 131 Å². The Hall–Kier alpha value is -7.22. The van der Waals surface area contributed by atoms with Crippen LogP contribution in [0.25, 0.3) is 0 Å². The van der Waals surface area contributed by atoms with Gasteiger partial charge in [0, 0.05) is 74.8 Å². The third-order valence-electron chi connectivity index (χ3n) is 13.0. The van der Waals surface area contributed by atoms with E-state index in [0.717, 1.165) is 77.9 Å². The van der Waals surface area contributed by atoms with Gasteiger partial charge in [0.15, 0.2) is 6.10 Å². The normalized spacial score (nSPS) is 15.0. The lowest BCUT2D eigenvalue weighted by Crippen LogP contribution is -2.47. The number of anilines is 2. The first-order chi connectivity index (χ1) is 42.2. The molecule has 4 atom stereocenters. The second-order valence-electron chi connectivity index (χ2n) is 23.4. The van der Waals surface area contributed by atoms with E-state index in [-0.39, 0.29) is 46.7 Å². The molecule has 2 aliphatic rings. The summed E-state index contributed by atoms with van der Waals surface area (Å²) in [5.74, 6) is -2.66. The average molecular weight is 1190 g/mol. The van der Waals surface area contributed by atoms with Crippen molar-refractivity contribution in [3.63, 3.8) is 0 Å². The van der Waals surface area contributed by atoms with E-state index in [1.165, 1.54) is 19.0 Å². The van der Waals surface area contributed by atoms with Crippen molar-refractivity contribution in [1.82, 2.24) is 9.80 Å². The Bertz CT molecular complexity index is 2630. The topological polar surface area (TPSA) is 220 Å². The molecule has 0 spiro atoms. The number of esters is 3. The van der Waals surface area contributed by atoms with Gasteiger partial charge in [-0.1, -0.05) is 120 Å². The van der Waals surface area contributed by atoms with Crippen LogP contribution >= 0.6 is 0 Å². The molecule has 2 saturated heterocycles. The number of ether oxygens (including phenoxy) is 7. The van der Waals surface area contributed by atoms with E-state index in [2.05, 4.69) is 9.80 Å². The molecule has 0 aromatic heterocycles. The van der Waals surface area contributed by atoms with E-state index in [1.807, 2.05) is 137 Å². The molecule has 2 N–H and O–H groups in total. The molecule has 2 fully saturated rings. The van der Waals surface area contributed by atoms with Crippen LogP contribution in [0.5, 0.6) is 0 Å². The number of nitrogens with zero attached hydrogens (tertiary/aromatic N) is 4. The summed E-state index contributed by atoms with van der Waals surface area (Å²) >= 11 is 0. The maximum absolute atomic E-state index is 13.5. The molecule has 0 saturated carbocycles. The van der Waals surface area contributed by atoms with Crippen LogP contribution in [0.1, 0.15) is 122 Å². The van der Waals surface area contributed by atoms with Crippen LogP contribution in [-0.4, -0.2) is 158 Å². The van der Waals surface area contributed by atoms with Gasteiger partial charge in [-0.15, -0.1) is 0 Å². The number of carbonyl (C=O) groups excluding carboxylic acids is 5. The van der Waals surface area contributed by atoms with Crippen LogP contribution in [0, 0.1) is 11.8 Å². The zero-order valence-electron chi connectivity index (χ0n) is 56.7. The third-order valence-corrected chi connectivity index (χ3v) is 13.0. The van der Waals surface area contributed by atoms with E-state index < -0.39 is 71.6 Å². The minimum absolute atomic E-state index is 0. The Morgan fingerprint density at radius 1 is 0.548 bits per heavy atom. The monoisotopic (exact) mass is 1190 g/mol. The summed E-state index contributed by atoms with van der Waals surface area (Å²) in [6, 6.07) is 32.7. The molecule has 6 rings (SSSR count). The number of aliphatic carboxylic acids is 1. The van der Waals surface area contributed by atoms with Gasteiger partial charge in [0.1, 0.15) is 36.5 Å². The van der Waals surface area contributed by atoms with Gasteiger partial charge < -0.3 is 53.2 Å². The molecule has 2 heterocycles. The number of amides is 2. The molecule has 19 heteroatoms. The number of rotatable bonds is 21. The van der Waals surface area contributed by atoms with E-state index in [0.29, 0.717) is 26.1 Å². The minimum atomic E-state index is -1.19. The average Bonchev–Trinajstić information content (AvgIpc) is 2.55. The quantitative estimate of drug-likeness (QED) is 0.0585. The molecule has 84 heavy (non-hydrogen) atoms. The zero-order valence-corrected chi connectivity index (χ0v) is 50.7. The second kappa shape index (κ2) is 35.2. The van der Waals surface area contributed by atoms with Crippen LogP contribution in [0.2, 0.25) is 0 Å². The van der Waals surface area contributed by atoms with Crippen LogP contribution in [0.15, 0.2) is 109 Å². The largest absolute Gasteiger partial charge is 0.480 e. The fraction of sp³-hybridized carbons (Fsp3) is 0.538. The summed E-state index contributed by atoms with van der Waals surface area (Å²) < 4.78 is 68.0. The number of morpholine rings is 2. The van der Waals surface area contributed by atoms with Crippen LogP contribution in [0.4, 0.5) is 21.0 Å². The van der Waals surface area contributed by atoms with E-state index in [9.17, 15) is 33.9 Å². The van der Waals surface area contributed by atoms with Gasteiger partial charge in [-0.25, -0.2) is 28.8 Å². The molecule has 4 aromatic carbocycles. The number of carbonyl (C=O) groups is 6. The Labute approximate surface area is 509 Å². The molecule has 2 amide bonds. The van der Waals surface area contributed by atoms with Gasteiger partial charge in [-0.2, -0.15) is 0 Å². The van der Waals surface area contributed by atoms with Gasteiger partial charge in [-0.3, -0.25) is 9.80 Å². The predicted octanol–water partition coefficient (Wildman–Crippen LogP) is 11.1. The number of carboxylic acids is 1. The first-order valence-electron chi connectivity index (χ1n) is 31.5. The number of aliphatic hydroxyl groups excluding tert-OH is 1. The van der Waals surface area contributed by atoms with Gasteiger partial charge in [-0.05, 0) is 113 Å². The highest BCUT2D eigenvalue weighted by Gasteiger charge is 2.36. The first kappa shape index (κ1) is 65.9. The van der Waals surface area contributed by atoms with Gasteiger partial charge >= 0.3 is 36.1 Å². The number of hydrogen-bond acceptors (Lipinski definition) is 16. The predicted molar refractivity (Wildman–Crippen MR) is 332 cm³/mol. The van der Waals surface area contributed by atoms with Crippen molar-refractivity contribution in [1.29, 1.82) is 0 Å². The molecule has 19 nitrogen and oxygen atoms in total. The molecule has 2 aliphatic heterocycles. The summed E-state index contributed by atoms with van der Waals surface area (Å²) in [4.78, 5) is 81.3. The summed E-state index contributed by atoms with van der Waals surface area (Å²) in [5.41, 5.74) is 4.29. The van der Waals surface area contributed by atoms with E-state index >= 15 is 0 Å². The van der Waals surface area contributed by atoms with Crippen LogP contribution in [-0.2, 0) is 78.4 Å². The fourth-order valence-electron chi connectivity index (χ4n) is 8.54. The van der Waals surface area contributed by atoms with Crippen molar-refractivity contribution < 1.29 is 82.5 Å². The second-order valence-corrected chi connectivity index (χ2v) is 23.4. The molecule has 0 radical (unpaired) electrons. The smallest absolute Gasteiger partial charge is 0.410 e. The number of likely N-dealkylation sites (N-methyl/N-ethyl adjacent to an activating group) is 2. The minimum Gasteiger partial charge on any atom is -0.480 e. The molecule has 0 aliphatic carbocycles. The van der Waals surface area contributed by atoms with Gasteiger partial charge in [0.05, 0.1) is 26.4 Å². The highest BCUT2D eigenvalue weighted by atomic mass is 16.6. The summed E-state index contributed by atoms with van der Waals surface area (Å²) in [7, 11) is 2.96. The SMILES string of the molecule is C.CC(C)C[C@@H](C(=O)O)N(C)C(=O)OC(C)(C)C.CC(C)C[C@@H](C(=O)O[C@H](Cc1ccc(N2CCOCC2)cc1)C(=O)OCc1ccccc1)N(C)C(=O)OC(C)(C)C.O=C(OCc1ccccc1)[C@H](O)Cc1ccc(N2CCOCC2)cc1.[2HH].[2H][2H].[2H][2H].[2H][2H]. The van der Waals surface area contributed by atoms with Crippen LogP contribution < -0.4 is 9.80 Å². The van der Waals surface area contributed by atoms with E-state index in [1.54, 1.807) is 41.5 Å². The number of hydrogen-bond donors (Lipinski definition) is 2. The van der Waals surface area contributed by atoms with Gasteiger partial charge in [0.2, 0.25) is 6.10 Å². The fourth-order valence-corrected chi connectivity index (χ4v) is 8.54. The lowest BCUT2D eigenvalue weighted by molar-refractivity contribution is -0.171. The highest BCUT2D eigenvalue weighted by molar-refractivity contribution is 5.85. The van der Waals surface area contributed by atoms with Crippen LogP contribution in [0.3, 0.4) is 0 Å². The number of benzene rings is 4. The summed E-state index contributed by atoms with van der Waals surface area (Å²) in [5, 5.41) is 19.2. The Balaban J connectivity index is 0. The van der Waals surface area contributed by atoms with Crippen molar-refractivity contribution in [3.8, 4) is 0 Å². The van der Waals surface area contributed by atoms with Crippen molar-refractivity contribution in [2.75, 3.05) is 76.5 Å². The Morgan fingerprint density at radius 3 is 1.30 bits per heavy atom. The third kappa shape index (κ3) is 26.1. The Kier molecular flexibility index (Phi) is 27.6. The zero-order chi connectivity index (χ0) is 67.3. The maximum Gasteiger partial charge on any atom is 0.410 e. The number of aliphatic hydroxyl groups is 1. The van der Waals surface area contributed by atoms with Gasteiger partial charge in [0.25, 0.3) is 0 Å².